The number of nitrogens with zero attached hydrogens (tertiary/aromatic N) is 1. The van der Waals surface area contributed by atoms with Gasteiger partial charge in [-0.1, -0.05) is 11.6 Å². The number of nitrogens with one attached hydrogen (secondary N) is 3. The number of anilines is 1. The van der Waals surface area contributed by atoms with Crippen molar-refractivity contribution in [3.63, 3.8) is 0 Å². The minimum Gasteiger partial charge on any atom is -0.353 e. The number of thiophene rings is 1. The molecule has 0 aromatic carbocycles. The maximum absolute atomic E-state index is 11.7. The minimum absolute atomic E-state index is 0.334. The molecule has 0 saturated heterocycles. The molecule has 0 aliphatic rings. The Labute approximate surface area is 128 Å². The quantitative estimate of drug-likeness (QED) is 0.711. The maximum atomic E-state index is 11.7. The highest BCUT2D eigenvalue weighted by Crippen LogP contribution is 2.21. The smallest absolute Gasteiger partial charge is 0.321 e. The van der Waals surface area contributed by atoms with E-state index in [1.165, 1.54) is 22.7 Å². The normalized spacial score (nSPS) is 10.1. The van der Waals surface area contributed by atoms with E-state index in [4.69, 9.17) is 11.6 Å². The molecule has 2 rings (SSSR count). The first-order valence-corrected chi connectivity index (χ1v) is 7.65. The van der Waals surface area contributed by atoms with Crippen molar-refractivity contribution in [3.8, 4) is 0 Å². The number of urea groups is 1. The largest absolute Gasteiger partial charge is 0.353 e. The fraction of sp³-hybridized carbons (Fsp3) is 0.182. The maximum Gasteiger partial charge on any atom is 0.321 e. The van der Waals surface area contributed by atoms with Crippen LogP contribution in [0.15, 0.2) is 17.5 Å². The van der Waals surface area contributed by atoms with Gasteiger partial charge in [0.25, 0.3) is 0 Å². The van der Waals surface area contributed by atoms with Crippen molar-refractivity contribution in [3.05, 3.63) is 32.4 Å². The summed E-state index contributed by atoms with van der Waals surface area (Å²) in [6.45, 7) is 0.755. The first-order chi connectivity index (χ1) is 9.67. The van der Waals surface area contributed by atoms with Crippen molar-refractivity contribution in [1.82, 2.24) is 15.6 Å². The van der Waals surface area contributed by atoms with Gasteiger partial charge in [0.1, 0.15) is 0 Å². The van der Waals surface area contributed by atoms with E-state index in [-0.39, 0.29) is 6.03 Å². The van der Waals surface area contributed by atoms with Gasteiger partial charge in [-0.2, -0.15) is 0 Å². The molecule has 2 aromatic heterocycles. The lowest BCUT2D eigenvalue weighted by molar-refractivity contribution is -0.109. The minimum atomic E-state index is -0.334. The average molecular weight is 331 g/mol. The highest BCUT2D eigenvalue weighted by molar-refractivity contribution is 7.16. The van der Waals surface area contributed by atoms with E-state index in [2.05, 4.69) is 20.9 Å². The van der Waals surface area contributed by atoms with Crippen molar-refractivity contribution < 1.29 is 9.59 Å². The monoisotopic (exact) mass is 330 g/mol. The fourth-order valence-corrected chi connectivity index (χ4v) is 3.08. The summed E-state index contributed by atoms with van der Waals surface area (Å²) in [6.07, 6.45) is 0.602. The highest BCUT2D eigenvalue weighted by Gasteiger charge is 2.06. The number of hydrogen-bond acceptors (Lipinski definition) is 5. The highest BCUT2D eigenvalue weighted by atomic mass is 35.5. The number of carbonyl (C=O) groups excluding carboxylic acids is 2. The van der Waals surface area contributed by atoms with E-state index < -0.39 is 0 Å². The average Bonchev–Trinajstić information content (AvgIpc) is 3.03. The molecular weight excluding hydrogens is 320 g/mol. The van der Waals surface area contributed by atoms with E-state index in [0.717, 1.165) is 4.88 Å². The van der Waals surface area contributed by atoms with Gasteiger partial charge < -0.3 is 10.6 Å². The van der Waals surface area contributed by atoms with E-state index >= 15 is 0 Å². The molecule has 0 saturated carbocycles. The van der Waals surface area contributed by atoms with Crippen LogP contribution in [0.2, 0.25) is 4.34 Å². The van der Waals surface area contributed by atoms with Crippen LogP contribution < -0.4 is 16.0 Å². The van der Waals surface area contributed by atoms with Crippen LogP contribution in [0.1, 0.15) is 10.6 Å². The zero-order chi connectivity index (χ0) is 14.4. The van der Waals surface area contributed by atoms with Crippen LogP contribution in [-0.4, -0.2) is 17.4 Å². The lowest BCUT2D eigenvalue weighted by Crippen LogP contribution is -2.27. The Kier molecular flexibility index (Phi) is 5.33. The van der Waals surface area contributed by atoms with Crippen LogP contribution in [-0.2, 0) is 17.9 Å². The Morgan fingerprint density at radius 1 is 1.40 bits per heavy atom. The third-order valence-electron chi connectivity index (χ3n) is 2.19. The summed E-state index contributed by atoms with van der Waals surface area (Å²) in [4.78, 5) is 26.9. The van der Waals surface area contributed by atoms with Gasteiger partial charge in [-0.25, -0.2) is 9.78 Å². The molecule has 2 heterocycles. The van der Waals surface area contributed by atoms with Gasteiger partial charge in [0.05, 0.1) is 23.1 Å². The van der Waals surface area contributed by atoms with Gasteiger partial charge in [0.15, 0.2) is 5.13 Å². The van der Waals surface area contributed by atoms with Gasteiger partial charge in [0, 0.05) is 10.3 Å². The molecule has 0 fully saturated rings. The van der Waals surface area contributed by atoms with E-state index in [1.807, 2.05) is 6.07 Å². The second kappa shape index (κ2) is 7.22. The standard InChI is InChI=1S/C11H11ClN4O2S2/c12-9-2-1-8(20-9)4-14-10(18)16-11-15-7(5-19-11)3-13-6-17/h1-2,5-6H,3-4H2,(H,13,17)(H2,14,15,16,18). The number of thiazole rings is 1. The molecule has 6 nitrogen and oxygen atoms in total. The third kappa shape index (κ3) is 4.48. The lowest BCUT2D eigenvalue weighted by Gasteiger charge is -2.03. The Morgan fingerprint density at radius 2 is 2.25 bits per heavy atom. The van der Waals surface area contributed by atoms with Crippen LogP contribution in [0.4, 0.5) is 9.93 Å². The summed E-state index contributed by atoms with van der Waals surface area (Å²) in [5.41, 5.74) is 0.697. The molecule has 20 heavy (non-hydrogen) atoms. The molecular formula is C11H11ClN4O2S2. The number of hydrogen-bond donors (Lipinski definition) is 3. The van der Waals surface area contributed by atoms with Crippen LogP contribution in [0.3, 0.4) is 0 Å². The molecule has 9 heteroatoms. The predicted octanol–water partition coefficient (Wildman–Crippen LogP) is 2.43. The van der Waals surface area contributed by atoms with Gasteiger partial charge in [0.2, 0.25) is 6.41 Å². The lowest BCUT2D eigenvalue weighted by atomic mass is 10.5. The summed E-state index contributed by atoms with van der Waals surface area (Å²) >= 11 is 8.52. The van der Waals surface area contributed by atoms with Crippen LogP contribution in [0, 0.1) is 0 Å². The van der Waals surface area contributed by atoms with E-state index in [9.17, 15) is 9.59 Å². The van der Waals surface area contributed by atoms with Gasteiger partial charge >= 0.3 is 6.03 Å². The summed E-state index contributed by atoms with van der Waals surface area (Å²) in [5.74, 6) is 0. The summed E-state index contributed by atoms with van der Waals surface area (Å²) < 4.78 is 0.689. The van der Waals surface area contributed by atoms with Gasteiger partial charge in [-0.05, 0) is 12.1 Å². The molecule has 0 radical (unpaired) electrons. The van der Waals surface area contributed by atoms with Crippen molar-refractivity contribution in [1.29, 1.82) is 0 Å². The predicted molar refractivity (Wildman–Crippen MR) is 80.2 cm³/mol. The molecule has 2 aromatic rings. The molecule has 0 unspecified atom stereocenters. The summed E-state index contributed by atoms with van der Waals surface area (Å²) in [5, 5.41) is 10.1. The molecule has 3 amide bonds. The molecule has 0 bridgehead atoms. The van der Waals surface area contributed by atoms with Gasteiger partial charge in [-0.3, -0.25) is 10.1 Å². The number of amides is 3. The molecule has 3 N–H and O–H groups in total. The zero-order valence-electron chi connectivity index (χ0n) is 10.2. The summed E-state index contributed by atoms with van der Waals surface area (Å²) in [6, 6.07) is 3.31. The Hall–Kier alpha value is -1.64. The van der Waals surface area contributed by atoms with Crippen molar-refractivity contribution in [2.45, 2.75) is 13.1 Å². The van der Waals surface area contributed by atoms with Crippen molar-refractivity contribution in [2.24, 2.45) is 0 Å². The molecule has 0 spiro atoms. The first-order valence-electron chi connectivity index (χ1n) is 5.58. The van der Waals surface area contributed by atoms with Crippen LogP contribution >= 0.6 is 34.3 Å². The Balaban J connectivity index is 1.79. The molecule has 0 aliphatic heterocycles. The Morgan fingerprint density at radius 3 is 2.95 bits per heavy atom. The SMILES string of the molecule is O=CNCc1csc(NC(=O)NCc2ccc(Cl)s2)n1. The van der Waals surface area contributed by atoms with E-state index in [1.54, 1.807) is 11.4 Å². The zero-order valence-corrected chi connectivity index (χ0v) is 12.6. The molecule has 0 atom stereocenters. The fourth-order valence-electron chi connectivity index (χ4n) is 1.35. The Bertz CT molecular complexity index is 599. The molecule has 106 valence electrons. The molecule has 0 aliphatic carbocycles. The van der Waals surface area contributed by atoms with Gasteiger partial charge in [-0.15, -0.1) is 22.7 Å². The number of halogens is 1. The first kappa shape index (κ1) is 14.8. The van der Waals surface area contributed by atoms with Crippen LogP contribution in [0.25, 0.3) is 0 Å². The summed E-state index contributed by atoms with van der Waals surface area (Å²) in [7, 11) is 0. The number of carbonyl (C=O) groups is 2. The van der Waals surface area contributed by atoms with E-state index in [0.29, 0.717) is 34.7 Å². The second-order valence-electron chi connectivity index (χ2n) is 3.66. The topological polar surface area (TPSA) is 83.1 Å². The second-order valence-corrected chi connectivity index (χ2v) is 6.31. The number of rotatable bonds is 6. The van der Waals surface area contributed by atoms with Crippen molar-refractivity contribution >= 4 is 51.8 Å². The third-order valence-corrected chi connectivity index (χ3v) is 4.23. The van der Waals surface area contributed by atoms with Crippen molar-refractivity contribution in [2.75, 3.05) is 5.32 Å². The number of aromatic nitrogens is 1. The van der Waals surface area contributed by atoms with Crippen LogP contribution in [0.5, 0.6) is 0 Å².